The lowest BCUT2D eigenvalue weighted by atomic mass is 9.44. The monoisotopic (exact) mass is 865 g/mol. The van der Waals surface area contributed by atoms with E-state index in [9.17, 15) is 33.9 Å². The van der Waals surface area contributed by atoms with Crippen LogP contribution in [0.4, 0.5) is 10.1 Å². The molecule has 4 aliphatic carbocycles. The van der Waals surface area contributed by atoms with Crippen LogP contribution in [-0.4, -0.2) is 76.0 Å². The number of pyridine rings is 1. The van der Waals surface area contributed by atoms with Gasteiger partial charge in [0.1, 0.15) is 6.61 Å². The molecule has 3 saturated carbocycles. The van der Waals surface area contributed by atoms with E-state index in [2.05, 4.69) is 10.3 Å². The van der Waals surface area contributed by atoms with Gasteiger partial charge in [0.2, 0.25) is 11.7 Å². The Balaban J connectivity index is 0.913. The standard InChI is InChI=1S/C49H56FN3O10/c1-5-42(57)63-49(29(2)21-39-38-16-14-34-23-36(54)17-19-46(34,3)48(38,50)40(55)24-47(39,49)4)41(56)28-62-44(59)8-6-7-43(58)61-27-30-9-11-31(12-10-30)37(25-51)45(60)53-35-15-13-33-26-52-20-18-32(33)22-35/h9-13,15,17-20,22-23,26,29,37-40,55H,5-8,14,16,21,24-25,27-28,51H2,1-4H3,(H,53,60)/t29-,37?,38-,39?,40-,46-,47-,48-,49-/m0/s1. The van der Waals surface area contributed by atoms with Gasteiger partial charge in [0.05, 0.1) is 12.0 Å². The highest BCUT2D eigenvalue weighted by Crippen LogP contribution is 2.71. The summed E-state index contributed by atoms with van der Waals surface area (Å²) in [7, 11) is 0. The van der Waals surface area contributed by atoms with Crippen LogP contribution in [0.1, 0.15) is 96.1 Å². The van der Waals surface area contributed by atoms with E-state index in [1.165, 1.54) is 12.2 Å². The van der Waals surface area contributed by atoms with Crippen molar-refractivity contribution in [1.82, 2.24) is 4.98 Å². The van der Waals surface area contributed by atoms with Crippen molar-refractivity contribution in [2.24, 2.45) is 34.3 Å². The van der Waals surface area contributed by atoms with E-state index in [1.807, 2.05) is 18.2 Å². The smallest absolute Gasteiger partial charge is 0.306 e. The van der Waals surface area contributed by atoms with Gasteiger partial charge in [0, 0.05) is 71.9 Å². The fourth-order valence-electron chi connectivity index (χ4n) is 11.2. The number of allylic oxidation sites excluding steroid dienone is 4. The number of ketones is 2. The number of hydrogen-bond acceptors (Lipinski definition) is 12. The SMILES string of the molecule is CCC(=O)O[C@]1(C(=O)COC(=O)CCCC(=O)OCc2ccc(C(CN)C(=O)Nc3ccc4cnccc4c3)cc2)[C@@H](C)CC2[C@@H]3CCC4=CC(=O)C=C[C@]4(C)[C@@]3(F)[C@@H](O)C[C@@]21C. The molecule has 7 rings (SSSR count). The summed E-state index contributed by atoms with van der Waals surface area (Å²) in [5, 5.41) is 16.6. The van der Waals surface area contributed by atoms with Crippen molar-refractivity contribution in [2.75, 3.05) is 18.5 Å². The molecule has 2 unspecified atom stereocenters. The highest BCUT2D eigenvalue weighted by molar-refractivity contribution is 6.01. The van der Waals surface area contributed by atoms with Gasteiger partial charge in [-0.2, -0.15) is 0 Å². The summed E-state index contributed by atoms with van der Waals surface area (Å²) in [4.78, 5) is 82.5. The van der Waals surface area contributed by atoms with Crippen LogP contribution in [0.5, 0.6) is 0 Å². The number of benzene rings is 2. The zero-order valence-electron chi connectivity index (χ0n) is 36.2. The van der Waals surface area contributed by atoms with E-state index in [0.717, 1.165) is 10.8 Å². The van der Waals surface area contributed by atoms with Crippen molar-refractivity contribution in [3.63, 3.8) is 0 Å². The number of halogens is 1. The number of rotatable bonds is 15. The Morgan fingerprint density at radius 3 is 2.43 bits per heavy atom. The first-order valence-corrected chi connectivity index (χ1v) is 21.8. The van der Waals surface area contributed by atoms with Crippen molar-refractivity contribution in [2.45, 2.75) is 109 Å². The molecule has 9 atom stereocenters. The number of carbonyl (C=O) groups is 6. The number of esters is 3. The molecule has 4 N–H and O–H groups in total. The Morgan fingerprint density at radius 1 is 0.984 bits per heavy atom. The number of alkyl halides is 1. The molecule has 1 amide bonds. The molecular weight excluding hydrogens is 810 g/mol. The summed E-state index contributed by atoms with van der Waals surface area (Å²) in [6, 6.07) is 14.4. The minimum Gasteiger partial charge on any atom is -0.461 e. The van der Waals surface area contributed by atoms with Gasteiger partial charge < -0.3 is 30.4 Å². The summed E-state index contributed by atoms with van der Waals surface area (Å²) in [5.41, 5.74) is 2.26. The topological polar surface area (TPSA) is 201 Å². The van der Waals surface area contributed by atoms with E-state index >= 15 is 4.39 Å². The van der Waals surface area contributed by atoms with E-state index < -0.39 is 82.2 Å². The Morgan fingerprint density at radius 2 is 1.71 bits per heavy atom. The van der Waals surface area contributed by atoms with Crippen LogP contribution in [0.15, 0.2) is 84.7 Å². The zero-order valence-corrected chi connectivity index (χ0v) is 36.2. The van der Waals surface area contributed by atoms with Crippen molar-refractivity contribution in [3.8, 4) is 0 Å². The number of ether oxygens (including phenoxy) is 3. The second kappa shape index (κ2) is 17.9. The van der Waals surface area contributed by atoms with E-state index in [4.69, 9.17) is 19.9 Å². The van der Waals surface area contributed by atoms with Crippen LogP contribution >= 0.6 is 0 Å². The normalized spacial score (nSPS) is 30.0. The summed E-state index contributed by atoms with van der Waals surface area (Å²) >= 11 is 0. The highest BCUT2D eigenvalue weighted by atomic mass is 19.1. The van der Waals surface area contributed by atoms with Gasteiger partial charge in [-0.05, 0) is 91.8 Å². The molecule has 0 spiro atoms. The Labute approximate surface area is 366 Å². The van der Waals surface area contributed by atoms with Crippen molar-refractivity contribution in [3.05, 3.63) is 95.9 Å². The quantitative estimate of drug-likeness (QED) is 0.110. The molecule has 0 radical (unpaired) electrons. The number of anilines is 1. The molecule has 2 aromatic carbocycles. The molecule has 0 aliphatic heterocycles. The van der Waals surface area contributed by atoms with Crippen LogP contribution in [-0.2, 0) is 49.6 Å². The van der Waals surface area contributed by atoms with Crippen LogP contribution in [0, 0.1) is 28.6 Å². The molecule has 0 bridgehead atoms. The lowest BCUT2D eigenvalue weighted by Gasteiger charge is -2.62. The number of Topliss-reactive ketones (excluding diaryl/α,β-unsaturated/α-hetero) is 1. The first kappa shape index (κ1) is 45.4. The lowest BCUT2D eigenvalue weighted by Crippen LogP contribution is -2.70. The third-order valence-corrected chi connectivity index (χ3v) is 14.5. The van der Waals surface area contributed by atoms with Crippen LogP contribution in [0.2, 0.25) is 0 Å². The second-order valence-electron chi connectivity index (χ2n) is 18.0. The third-order valence-electron chi connectivity index (χ3n) is 14.5. The Bertz CT molecular complexity index is 2370. The maximum absolute atomic E-state index is 17.7. The maximum Gasteiger partial charge on any atom is 0.306 e. The number of amides is 1. The summed E-state index contributed by atoms with van der Waals surface area (Å²) < 4.78 is 34.7. The molecule has 0 saturated heterocycles. The highest BCUT2D eigenvalue weighted by Gasteiger charge is 2.77. The number of nitrogens with one attached hydrogen (secondary N) is 1. The molecule has 1 aromatic heterocycles. The molecule has 1 heterocycles. The average Bonchev–Trinajstić information content (AvgIpc) is 3.48. The molecule has 13 nitrogen and oxygen atoms in total. The van der Waals surface area contributed by atoms with Gasteiger partial charge in [-0.15, -0.1) is 0 Å². The van der Waals surface area contributed by atoms with Gasteiger partial charge in [-0.1, -0.05) is 62.8 Å². The molecule has 3 aromatic rings. The molecular formula is C49H56FN3O10. The molecule has 4 aliphatic rings. The fourth-order valence-corrected chi connectivity index (χ4v) is 11.2. The molecule has 3 fully saturated rings. The second-order valence-corrected chi connectivity index (χ2v) is 18.0. The predicted octanol–water partition coefficient (Wildman–Crippen LogP) is 6.55. The number of nitrogens with two attached hydrogens (primary N) is 1. The first-order valence-electron chi connectivity index (χ1n) is 21.8. The van der Waals surface area contributed by atoms with Gasteiger partial charge in [-0.3, -0.25) is 33.8 Å². The van der Waals surface area contributed by atoms with E-state index in [0.29, 0.717) is 41.6 Å². The van der Waals surface area contributed by atoms with Gasteiger partial charge >= 0.3 is 17.9 Å². The lowest BCUT2D eigenvalue weighted by molar-refractivity contribution is -0.228. The van der Waals surface area contributed by atoms with Crippen LogP contribution in [0.3, 0.4) is 0 Å². The van der Waals surface area contributed by atoms with Crippen molar-refractivity contribution in [1.29, 1.82) is 0 Å². The maximum atomic E-state index is 17.7. The minimum absolute atomic E-state index is 0.0345. The number of aliphatic hydroxyl groups is 1. The zero-order chi connectivity index (χ0) is 45.3. The Hall–Kier alpha value is -5.60. The van der Waals surface area contributed by atoms with E-state index in [1.54, 1.807) is 76.5 Å². The number of hydrogen-bond donors (Lipinski definition) is 3. The minimum atomic E-state index is -2.14. The summed E-state index contributed by atoms with van der Waals surface area (Å²) in [6.07, 6.45) is 6.90. The number of fused-ring (bicyclic) bond motifs is 6. The molecule has 334 valence electrons. The predicted molar refractivity (Wildman–Crippen MR) is 230 cm³/mol. The third kappa shape index (κ3) is 8.12. The summed E-state index contributed by atoms with van der Waals surface area (Å²) in [5.74, 6) is -5.46. The average molecular weight is 866 g/mol. The molecule has 63 heavy (non-hydrogen) atoms. The number of carbonyl (C=O) groups excluding carboxylic acids is 6. The van der Waals surface area contributed by atoms with Gasteiger partial charge in [0.15, 0.2) is 23.7 Å². The van der Waals surface area contributed by atoms with Crippen molar-refractivity contribution < 1.29 is 52.5 Å². The molecule has 14 heteroatoms. The van der Waals surface area contributed by atoms with Crippen LogP contribution in [0.25, 0.3) is 10.8 Å². The number of nitrogens with zero attached hydrogens (tertiary/aromatic N) is 1. The van der Waals surface area contributed by atoms with Gasteiger partial charge in [0.25, 0.3) is 0 Å². The first-order chi connectivity index (χ1) is 30.0. The largest absolute Gasteiger partial charge is 0.461 e. The van der Waals surface area contributed by atoms with Crippen LogP contribution < -0.4 is 11.1 Å². The van der Waals surface area contributed by atoms with Gasteiger partial charge in [-0.25, -0.2) is 4.39 Å². The van der Waals surface area contributed by atoms with Crippen molar-refractivity contribution >= 4 is 51.8 Å². The summed E-state index contributed by atoms with van der Waals surface area (Å²) in [6.45, 7) is 6.18. The number of aliphatic hydroxyl groups excluding tert-OH is 1. The number of aromatic nitrogens is 1. The fraction of sp³-hybridized carbons (Fsp3) is 0.490. The Kier molecular flexibility index (Phi) is 12.9. The van der Waals surface area contributed by atoms with E-state index in [-0.39, 0.29) is 56.9 Å².